The van der Waals surface area contributed by atoms with E-state index in [1.165, 1.54) is 0 Å². The molecule has 0 heterocycles. The van der Waals surface area contributed by atoms with Gasteiger partial charge < -0.3 is 15.2 Å². The van der Waals surface area contributed by atoms with Crippen LogP contribution >= 0.6 is 0 Å². The summed E-state index contributed by atoms with van der Waals surface area (Å²) in [5.41, 5.74) is 0.780. The van der Waals surface area contributed by atoms with E-state index in [1.54, 1.807) is 0 Å². The molecule has 1 aromatic carbocycles. The molecule has 0 aliphatic heterocycles. The number of nitrogens with one attached hydrogen (secondary N) is 1. The number of amides is 1. The number of benzene rings is 1. The van der Waals surface area contributed by atoms with E-state index in [0.717, 1.165) is 5.56 Å². The van der Waals surface area contributed by atoms with Gasteiger partial charge in [-0.2, -0.15) is 0 Å². The van der Waals surface area contributed by atoms with Crippen molar-refractivity contribution in [3.63, 3.8) is 0 Å². The maximum absolute atomic E-state index is 11.4. The van der Waals surface area contributed by atoms with Crippen molar-refractivity contribution in [3.05, 3.63) is 35.9 Å². The molecule has 0 radical (unpaired) electrons. The minimum absolute atomic E-state index is 0.171. The van der Waals surface area contributed by atoms with Crippen molar-refractivity contribution in [3.8, 4) is 0 Å². The van der Waals surface area contributed by atoms with Crippen LogP contribution in [0, 0.1) is 5.41 Å². The highest BCUT2D eigenvalue weighted by molar-refractivity contribution is 5.67. The molecule has 1 atom stereocenters. The minimum Gasteiger partial charge on any atom is -0.445 e. The average molecular weight is 265 g/mol. The van der Waals surface area contributed by atoms with Crippen LogP contribution in [0.1, 0.15) is 32.8 Å². The average Bonchev–Trinajstić information content (AvgIpc) is 2.36. The Morgan fingerprint density at radius 3 is 2.53 bits per heavy atom. The van der Waals surface area contributed by atoms with Gasteiger partial charge >= 0.3 is 6.09 Å². The molecule has 0 aliphatic carbocycles. The van der Waals surface area contributed by atoms with Crippen LogP contribution in [0.5, 0.6) is 0 Å². The van der Waals surface area contributed by atoms with Gasteiger partial charge in [0.25, 0.3) is 0 Å². The van der Waals surface area contributed by atoms with Crippen LogP contribution in [0.3, 0.4) is 0 Å². The molecule has 1 amide bonds. The Hall–Kier alpha value is -1.55. The number of aliphatic hydroxyl groups excluding tert-OH is 1. The van der Waals surface area contributed by atoms with E-state index in [-0.39, 0.29) is 12.0 Å². The smallest absolute Gasteiger partial charge is 0.407 e. The molecule has 0 aliphatic rings. The van der Waals surface area contributed by atoms with Crippen LogP contribution in [0.25, 0.3) is 0 Å². The Morgan fingerprint density at radius 1 is 1.32 bits per heavy atom. The first-order valence-electron chi connectivity index (χ1n) is 6.52. The highest BCUT2D eigenvalue weighted by atomic mass is 16.5. The number of alkyl carbamates (subject to hydrolysis) is 1. The molecule has 4 nitrogen and oxygen atoms in total. The number of carbonyl (C=O) groups excluding carboxylic acids is 1. The monoisotopic (exact) mass is 265 g/mol. The molecule has 1 unspecified atom stereocenters. The predicted molar refractivity (Wildman–Crippen MR) is 74.7 cm³/mol. The zero-order valence-corrected chi connectivity index (χ0v) is 11.8. The quantitative estimate of drug-likeness (QED) is 0.860. The Balaban J connectivity index is 2.19. The largest absolute Gasteiger partial charge is 0.445 e. The highest BCUT2D eigenvalue weighted by Crippen LogP contribution is 2.20. The summed E-state index contributed by atoms with van der Waals surface area (Å²) in [5, 5.41) is 12.4. The van der Waals surface area contributed by atoms with Crippen molar-refractivity contribution >= 4 is 6.09 Å². The second-order valence-electron chi connectivity index (χ2n) is 5.66. The standard InChI is InChI=1S/C15H23NO3/c1-15(2,3)13(17)9-10-16-14(18)19-11-12-7-5-4-6-8-12/h4-8,13,17H,9-11H2,1-3H3,(H,16,18). The van der Waals surface area contributed by atoms with Gasteiger partial charge in [0, 0.05) is 6.54 Å². The molecule has 0 fully saturated rings. The lowest BCUT2D eigenvalue weighted by atomic mass is 9.87. The van der Waals surface area contributed by atoms with Crippen molar-refractivity contribution in [1.82, 2.24) is 5.32 Å². The first kappa shape index (κ1) is 15.5. The second kappa shape index (κ2) is 7.14. The predicted octanol–water partition coefficient (Wildman–Crippen LogP) is 2.71. The molecule has 0 aromatic heterocycles. The lowest BCUT2D eigenvalue weighted by Crippen LogP contribution is -2.32. The van der Waals surface area contributed by atoms with Gasteiger partial charge in [0.1, 0.15) is 6.61 Å². The summed E-state index contributed by atoms with van der Waals surface area (Å²) in [5.74, 6) is 0. The number of carbonyl (C=O) groups is 1. The summed E-state index contributed by atoms with van der Waals surface area (Å²) in [6.07, 6.45) is -0.379. The van der Waals surface area contributed by atoms with Crippen molar-refractivity contribution in [2.75, 3.05) is 6.54 Å². The first-order chi connectivity index (χ1) is 8.89. The topological polar surface area (TPSA) is 58.6 Å². The van der Waals surface area contributed by atoms with E-state index in [1.807, 2.05) is 51.1 Å². The van der Waals surface area contributed by atoms with E-state index in [9.17, 15) is 9.90 Å². The molecule has 0 bridgehead atoms. The normalized spacial score (nSPS) is 12.8. The third-order valence-corrected chi connectivity index (χ3v) is 2.90. The van der Waals surface area contributed by atoms with Crippen LogP contribution in [-0.4, -0.2) is 23.8 Å². The molecule has 1 rings (SSSR count). The van der Waals surface area contributed by atoms with Crippen LogP contribution in [0.2, 0.25) is 0 Å². The van der Waals surface area contributed by atoms with Gasteiger partial charge in [0.05, 0.1) is 6.10 Å². The van der Waals surface area contributed by atoms with Crippen molar-refractivity contribution in [2.45, 2.75) is 39.9 Å². The molecular weight excluding hydrogens is 242 g/mol. The van der Waals surface area contributed by atoms with E-state index < -0.39 is 12.2 Å². The van der Waals surface area contributed by atoms with Gasteiger partial charge in [-0.25, -0.2) is 4.79 Å². The molecule has 2 N–H and O–H groups in total. The van der Waals surface area contributed by atoms with Crippen LogP contribution in [0.4, 0.5) is 4.79 Å². The van der Waals surface area contributed by atoms with Gasteiger partial charge in [-0.05, 0) is 17.4 Å². The first-order valence-corrected chi connectivity index (χ1v) is 6.52. The van der Waals surface area contributed by atoms with E-state index in [0.29, 0.717) is 13.0 Å². The Morgan fingerprint density at radius 2 is 1.95 bits per heavy atom. The number of hydrogen-bond acceptors (Lipinski definition) is 3. The van der Waals surface area contributed by atoms with Crippen LogP contribution in [0.15, 0.2) is 30.3 Å². The molecule has 0 saturated carbocycles. The summed E-state index contributed by atoms with van der Waals surface area (Å²) < 4.78 is 5.06. The third-order valence-electron chi connectivity index (χ3n) is 2.90. The molecule has 0 spiro atoms. The summed E-state index contributed by atoms with van der Waals surface area (Å²) in [4.78, 5) is 11.4. The second-order valence-corrected chi connectivity index (χ2v) is 5.66. The van der Waals surface area contributed by atoms with Crippen molar-refractivity contribution < 1.29 is 14.6 Å². The van der Waals surface area contributed by atoms with Gasteiger partial charge in [0.15, 0.2) is 0 Å². The van der Waals surface area contributed by atoms with E-state index >= 15 is 0 Å². The third kappa shape index (κ3) is 6.25. The van der Waals surface area contributed by atoms with Gasteiger partial charge in [-0.3, -0.25) is 0 Å². The molecule has 1 aromatic rings. The molecule has 4 heteroatoms. The minimum atomic E-state index is -0.454. The summed E-state index contributed by atoms with van der Waals surface area (Å²) in [7, 11) is 0. The van der Waals surface area contributed by atoms with Gasteiger partial charge in [-0.15, -0.1) is 0 Å². The van der Waals surface area contributed by atoms with Crippen LogP contribution < -0.4 is 5.32 Å². The zero-order valence-electron chi connectivity index (χ0n) is 11.8. The van der Waals surface area contributed by atoms with Crippen molar-refractivity contribution in [1.29, 1.82) is 0 Å². The number of rotatable bonds is 5. The summed E-state index contributed by atoms with van der Waals surface area (Å²) in [6, 6.07) is 9.51. The van der Waals surface area contributed by atoms with E-state index in [4.69, 9.17) is 4.74 Å². The fraction of sp³-hybridized carbons (Fsp3) is 0.533. The Bertz CT molecular complexity index is 384. The maximum Gasteiger partial charge on any atom is 0.407 e. The Labute approximate surface area is 114 Å². The zero-order chi connectivity index (χ0) is 14.3. The van der Waals surface area contributed by atoms with Gasteiger partial charge in [-0.1, -0.05) is 51.1 Å². The Kier molecular flexibility index (Phi) is 5.83. The fourth-order valence-electron chi connectivity index (χ4n) is 1.52. The lowest BCUT2D eigenvalue weighted by molar-refractivity contribution is 0.0551. The SMILES string of the molecule is CC(C)(C)C(O)CCNC(=O)OCc1ccccc1. The molecule has 106 valence electrons. The van der Waals surface area contributed by atoms with Gasteiger partial charge in [0.2, 0.25) is 0 Å². The van der Waals surface area contributed by atoms with E-state index in [2.05, 4.69) is 5.32 Å². The molecule has 0 saturated heterocycles. The number of aliphatic hydroxyl groups is 1. The summed E-state index contributed by atoms with van der Waals surface area (Å²) >= 11 is 0. The molecular formula is C15H23NO3. The fourth-order valence-corrected chi connectivity index (χ4v) is 1.52. The maximum atomic E-state index is 11.4. The molecule has 19 heavy (non-hydrogen) atoms. The lowest BCUT2D eigenvalue weighted by Gasteiger charge is -2.25. The number of ether oxygens (including phenoxy) is 1. The summed E-state index contributed by atoms with van der Waals surface area (Å²) in [6.45, 7) is 6.56. The van der Waals surface area contributed by atoms with Crippen LogP contribution in [-0.2, 0) is 11.3 Å². The highest BCUT2D eigenvalue weighted by Gasteiger charge is 2.21. The number of hydrogen-bond donors (Lipinski definition) is 2. The van der Waals surface area contributed by atoms with Crippen molar-refractivity contribution in [2.24, 2.45) is 5.41 Å².